The van der Waals surface area contributed by atoms with Gasteiger partial charge < -0.3 is 20.7 Å². The van der Waals surface area contributed by atoms with Crippen molar-refractivity contribution in [3.63, 3.8) is 0 Å². The number of nitrogens with zero attached hydrogens (tertiary/aromatic N) is 4. The van der Waals surface area contributed by atoms with Crippen LogP contribution < -0.4 is 5.73 Å². The molecule has 0 amide bonds. The third kappa shape index (κ3) is 2.60. The summed E-state index contributed by atoms with van der Waals surface area (Å²) in [6.07, 6.45) is 0.360. The van der Waals surface area contributed by atoms with E-state index in [4.69, 9.17) is 10.5 Å². The molecule has 4 N–H and O–H groups in total. The van der Waals surface area contributed by atoms with E-state index < -0.39 is 27.3 Å². The molecular weight excluding hydrogens is 433 g/mol. The SMILES string of the molecule is CC(C)C(O)[C@H]1O[C@@](I)(n2cnc3c(N)ncnc32)[C@H](S)[C@@H]1O. The van der Waals surface area contributed by atoms with Gasteiger partial charge >= 0.3 is 0 Å². The Balaban J connectivity index is 2.05. The number of ether oxygens (including phenoxy) is 1. The van der Waals surface area contributed by atoms with Crippen LogP contribution in [0.5, 0.6) is 0 Å². The lowest BCUT2D eigenvalue weighted by Gasteiger charge is -2.28. The number of aliphatic hydroxyl groups is 2. The van der Waals surface area contributed by atoms with Crippen LogP contribution in [0, 0.1) is 5.92 Å². The minimum absolute atomic E-state index is 0.0635. The van der Waals surface area contributed by atoms with Crippen LogP contribution in [-0.2, 0) is 8.47 Å². The molecule has 0 spiro atoms. The van der Waals surface area contributed by atoms with Crippen molar-refractivity contribution < 1.29 is 14.9 Å². The maximum atomic E-state index is 10.5. The number of thiol groups is 1. The van der Waals surface area contributed by atoms with Crippen molar-refractivity contribution in [1.82, 2.24) is 19.5 Å². The summed E-state index contributed by atoms with van der Waals surface area (Å²) in [5.74, 6) is 0.202. The van der Waals surface area contributed by atoms with Crippen LogP contribution in [0.4, 0.5) is 5.82 Å². The second-order valence-corrected chi connectivity index (χ2v) is 8.01. The van der Waals surface area contributed by atoms with E-state index in [9.17, 15) is 10.2 Å². The van der Waals surface area contributed by atoms with Gasteiger partial charge in [0.1, 0.15) is 24.3 Å². The van der Waals surface area contributed by atoms with E-state index in [1.807, 2.05) is 13.8 Å². The number of rotatable bonds is 3. The summed E-state index contributed by atoms with van der Waals surface area (Å²) in [6, 6.07) is 0. The molecule has 0 aromatic carbocycles. The molecule has 2 aromatic rings. The summed E-state index contributed by atoms with van der Waals surface area (Å²) in [4.78, 5) is 12.3. The quantitative estimate of drug-likeness (QED) is 0.305. The number of aromatic nitrogens is 4. The zero-order valence-electron chi connectivity index (χ0n) is 12.5. The second-order valence-electron chi connectivity index (χ2n) is 5.91. The molecule has 3 rings (SSSR count). The molecule has 1 fully saturated rings. The molecule has 3 heterocycles. The molecule has 126 valence electrons. The maximum Gasteiger partial charge on any atom is 0.214 e. The molecule has 23 heavy (non-hydrogen) atoms. The fourth-order valence-corrected chi connectivity index (χ4v) is 4.02. The van der Waals surface area contributed by atoms with E-state index in [1.165, 1.54) is 12.7 Å². The second kappa shape index (κ2) is 5.99. The molecule has 0 aliphatic carbocycles. The van der Waals surface area contributed by atoms with Crippen LogP contribution in [0.2, 0.25) is 0 Å². The summed E-state index contributed by atoms with van der Waals surface area (Å²) >= 11 is 6.56. The first kappa shape index (κ1) is 17.1. The van der Waals surface area contributed by atoms with Crippen LogP contribution in [-0.4, -0.2) is 53.3 Å². The standard InChI is InChI=1S/C13H18IN5O3S/c1-5(2)7(20)9-8(21)10(23)13(14,22-9)19-4-18-6-11(15)16-3-17-12(6)19/h3-5,7-10,20-21,23H,1-2H3,(H2,15,16,17)/t7?,8-,9-,10-,13+/m1/s1. The molecule has 5 atom stereocenters. The van der Waals surface area contributed by atoms with Crippen molar-refractivity contribution in [1.29, 1.82) is 0 Å². The highest BCUT2D eigenvalue weighted by molar-refractivity contribution is 14.1. The van der Waals surface area contributed by atoms with Crippen molar-refractivity contribution in [2.75, 3.05) is 5.73 Å². The minimum atomic E-state index is -1.06. The van der Waals surface area contributed by atoms with E-state index >= 15 is 0 Å². The van der Waals surface area contributed by atoms with Gasteiger partial charge in [0, 0.05) is 0 Å². The fraction of sp³-hybridized carbons (Fsp3) is 0.615. The Labute approximate surface area is 152 Å². The van der Waals surface area contributed by atoms with Gasteiger partial charge in [0.25, 0.3) is 0 Å². The Bertz CT molecular complexity index is 729. The highest BCUT2D eigenvalue weighted by Gasteiger charge is 2.56. The maximum absolute atomic E-state index is 10.5. The Hall–Kier alpha value is -0.690. The molecule has 0 saturated carbocycles. The van der Waals surface area contributed by atoms with Crippen LogP contribution >= 0.6 is 35.2 Å². The van der Waals surface area contributed by atoms with Crippen LogP contribution in [0.3, 0.4) is 0 Å². The number of hydrogen-bond donors (Lipinski definition) is 4. The molecular formula is C13H18IN5O3S. The highest BCUT2D eigenvalue weighted by Crippen LogP contribution is 2.46. The van der Waals surface area contributed by atoms with Crippen LogP contribution in [0.1, 0.15) is 13.8 Å². The average Bonchev–Trinajstić information content (AvgIpc) is 3.04. The summed E-state index contributed by atoms with van der Waals surface area (Å²) in [6.45, 7) is 3.73. The number of aliphatic hydroxyl groups excluding tert-OH is 2. The van der Waals surface area contributed by atoms with Crippen LogP contribution in [0.25, 0.3) is 11.2 Å². The predicted octanol–water partition coefficient (Wildman–Crippen LogP) is 0.529. The van der Waals surface area contributed by atoms with Gasteiger partial charge in [-0.25, -0.2) is 15.0 Å². The molecule has 1 unspecified atom stereocenters. The first-order chi connectivity index (χ1) is 10.8. The molecule has 8 nitrogen and oxygen atoms in total. The van der Waals surface area contributed by atoms with Crippen molar-refractivity contribution in [2.45, 2.75) is 41.1 Å². The smallest absolute Gasteiger partial charge is 0.214 e. The van der Waals surface area contributed by atoms with E-state index in [0.29, 0.717) is 11.2 Å². The molecule has 1 aliphatic heterocycles. The van der Waals surface area contributed by atoms with Gasteiger partial charge in [0.15, 0.2) is 11.5 Å². The summed E-state index contributed by atoms with van der Waals surface area (Å²) in [5, 5.41) is 20.2. The van der Waals surface area contributed by atoms with Gasteiger partial charge in [-0.3, -0.25) is 4.57 Å². The third-order valence-corrected chi connectivity index (χ3v) is 6.63. The third-order valence-electron chi connectivity index (χ3n) is 4.04. The fourth-order valence-electron chi connectivity index (χ4n) is 2.65. The summed E-state index contributed by atoms with van der Waals surface area (Å²) in [7, 11) is 0. The van der Waals surface area contributed by atoms with E-state index in [0.717, 1.165) is 0 Å². The van der Waals surface area contributed by atoms with Crippen molar-refractivity contribution in [3.05, 3.63) is 12.7 Å². The molecule has 0 bridgehead atoms. The first-order valence-electron chi connectivity index (χ1n) is 7.12. The number of nitrogen functional groups attached to an aromatic ring is 1. The normalized spacial score (nSPS) is 32.7. The Morgan fingerprint density at radius 1 is 1.43 bits per heavy atom. The number of anilines is 1. The van der Waals surface area contributed by atoms with Gasteiger partial charge in [-0.2, -0.15) is 12.6 Å². The number of imidazole rings is 1. The lowest BCUT2D eigenvalue weighted by atomic mass is 9.98. The highest BCUT2D eigenvalue weighted by atomic mass is 127. The van der Waals surface area contributed by atoms with E-state index in [2.05, 4.69) is 50.2 Å². The number of nitrogens with two attached hydrogens (primary N) is 1. The summed E-state index contributed by atoms with van der Waals surface area (Å²) in [5.41, 5.74) is 6.75. The van der Waals surface area contributed by atoms with Gasteiger partial charge in [-0.05, 0) is 28.5 Å². The zero-order chi connectivity index (χ0) is 16.9. The number of hydrogen-bond acceptors (Lipinski definition) is 8. The first-order valence-corrected chi connectivity index (χ1v) is 8.71. The predicted molar refractivity (Wildman–Crippen MR) is 96.2 cm³/mol. The van der Waals surface area contributed by atoms with Gasteiger partial charge in [-0.15, -0.1) is 0 Å². The minimum Gasteiger partial charge on any atom is -0.390 e. The Kier molecular flexibility index (Phi) is 4.46. The molecule has 1 saturated heterocycles. The zero-order valence-corrected chi connectivity index (χ0v) is 15.6. The average molecular weight is 451 g/mol. The largest absolute Gasteiger partial charge is 0.390 e. The number of alkyl halides is 1. The Morgan fingerprint density at radius 2 is 2.13 bits per heavy atom. The topological polar surface area (TPSA) is 119 Å². The van der Waals surface area contributed by atoms with Crippen molar-refractivity contribution in [3.8, 4) is 0 Å². The molecule has 10 heteroatoms. The number of fused-ring (bicyclic) bond motifs is 1. The summed E-state index contributed by atoms with van der Waals surface area (Å²) < 4.78 is 6.62. The van der Waals surface area contributed by atoms with Gasteiger partial charge in [0.05, 0.1) is 17.5 Å². The van der Waals surface area contributed by atoms with E-state index in [1.54, 1.807) is 4.57 Å². The van der Waals surface area contributed by atoms with Gasteiger partial charge in [0.2, 0.25) is 3.73 Å². The monoisotopic (exact) mass is 451 g/mol. The van der Waals surface area contributed by atoms with Crippen LogP contribution in [0.15, 0.2) is 12.7 Å². The lowest BCUT2D eigenvalue weighted by Crippen LogP contribution is -2.40. The van der Waals surface area contributed by atoms with Crippen molar-refractivity contribution >= 4 is 52.2 Å². The van der Waals surface area contributed by atoms with Gasteiger partial charge in [-0.1, -0.05) is 13.8 Å². The molecule has 1 aliphatic rings. The van der Waals surface area contributed by atoms with E-state index in [-0.39, 0.29) is 11.7 Å². The lowest BCUT2D eigenvalue weighted by molar-refractivity contribution is -0.101. The molecule has 2 aromatic heterocycles. The number of halogens is 1. The Morgan fingerprint density at radius 3 is 2.78 bits per heavy atom. The van der Waals surface area contributed by atoms with Crippen molar-refractivity contribution in [2.24, 2.45) is 5.92 Å². The molecule has 0 radical (unpaired) electrons.